The number of hydrogen-bond acceptors (Lipinski definition) is 7. The number of aryl methyl sites for hydroxylation is 1. The summed E-state index contributed by atoms with van der Waals surface area (Å²) < 4.78 is 19.0. The average molecular weight is 419 g/mol. The van der Waals surface area contributed by atoms with Gasteiger partial charge in [-0.15, -0.1) is 0 Å². The monoisotopic (exact) mass is 419 g/mol. The van der Waals surface area contributed by atoms with E-state index >= 15 is 0 Å². The minimum Gasteiger partial charge on any atom is -0.503 e. The first kappa shape index (κ1) is 18.7. The van der Waals surface area contributed by atoms with Crippen molar-refractivity contribution in [1.29, 1.82) is 0 Å². The Morgan fingerprint density at radius 2 is 1.97 bits per heavy atom. The Morgan fingerprint density at radius 3 is 2.68 bits per heavy atom. The summed E-state index contributed by atoms with van der Waals surface area (Å²) in [6, 6.07) is 7.20. The number of hydrogen-bond donors (Lipinski definition) is 2. The Labute approximate surface area is 173 Å². The largest absolute Gasteiger partial charge is 0.503 e. The number of nitrogens with one attached hydrogen (secondary N) is 1. The third-order valence-electron chi connectivity index (χ3n) is 4.98. The summed E-state index contributed by atoms with van der Waals surface area (Å²) >= 11 is 0. The number of aromatic amines is 1. The molecule has 1 aliphatic rings. The molecule has 1 aromatic carbocycles. The summed E-state index contributed by atoms with van der Waals surface area (Å²) in [6.07, 6.45) is 2.86. The number of aliphatic hydroxyl groups is 1. The first-order valence-electron chi connectivity index (χ1n) is 9.23. The molecule has 0 saturated carbocycles. The van der Waals surface area contributed by atoms with Gasteiger partial charge in [0.25, 0.3) is 5.91 Å². The SMILES string of the molecule is Cc1ccc(C(=O)C2=C(O)C(=O)N(c3ncc4[nH]cnc4n3)C2c2ccc(F)cc2)o1. The maximum Gasteiger partial charge on any atom is 0.296 e. The van der Waals surface area contributed by atoms with Crippen molar-refractivity contribution < 1.29 is 23.5 Å². The molecule has 31 heavy (non-hydrogen) atoms. The number of benzene rings is 1. The average Bonchev–Trinajstić information content (AvgIpc) is 3.46. The second-order valence-electron chi connectivity index (χ2n) is 6.94. The molecule has 0 radical (unpaired) electrons. The number of furan rings is 1. The lowest BCUT2D eigenvalue weighted by molar-refractivity contribution is -0.117. The standard InChI is InChI=1S/C21H14FN5O4/c1-10-2-7-14(31-10)17(28)15-16(11-3-5-12(22)6-4-11)27(20(30)18(15)29)21-23-8-13-19(26-21)25-9-24-13/h2-9,16,29H,1H3,(H,23,24,25,26). The van der Waals surface area contributed by atoms with Gasteiger partial charge in [-0.3, -0.25) is 14.5 Å². The fourth-order valence-electron chi connectivity index (χ4n) is 3.54. The number of anilines is 1. The minimum absolute atomic E-state index is 0.0375. The fourth-order valence-corrected chi connectivity index (χ4v) is 3.54. The summed E-state index contributed by atoms with van der Waals surface area (Å²) in [6.45, 7) is 1.67. The smallest absolute Gasteiger partial charge is 0.296 e. The Kier molecular flexibility index (Phi) is 4.14. The number of carbonyl (C=O) groups excluding carboxylic acids is 2. The van der Waals surface area contributed by atoms with E-state index in [9.17, 15) is 19.1 Å². The van der Waals surface area contributed by atoms with E-state index in [4.69, 9.17) is 4.42 Å². The molecule has 3 aromatic heterocycles. The second-order valence-corrected chi connectivity index (χ2v) is 6.94. The molecule has 0 spiro atoms. The zero-order chi connectivity index (χ0) is 21.7. The molecule has 1 atom stereocenters. The van der Waals surface area contributed by atoms with Crippen LogP contribution in [0.4, 0.5) is 10.3 Å². The van der Waals surface area contributed by atoms with E-state index in [1.807, 2.05) is 0 Å². The number of Topliss-reactive ketones (excluding diaryl/α,β-unsaturated/α-hetero) is 1. The van der Waals surface area contributed by atoms with Crippen LogP contribution in [-0.2, 0) is 4.79 Å². The summed E-state index contributed by atoms with van der Waals surface area (Å²) in [5, 5.41) is 10.7. The van der Waals surface area contributed by atoms with Crippen LogP contribution in [0.5, 0.6) is 0 Å². The van der Waals surface area contributed by atoms with Crippen molar-refractivity contribution >= 4 is 28.8 Å². The van der Waals surface area contributed by atoms with Crippen molar-refractivity contribution in [3.05, 3.63) is 83.2 Å². The molecule has 0 fully saturated rings. The van der Waals surface area contributed by atoms with Crippen LogP contribution in [0.3, 0.4) is 0 Å². The molecule has 5 rings (SSSR count). The van der Waals surface area contributed by atoms with Gasteiger partial charge in [-0.05, 0) is 36.8 Å². The van der Waals surface area contributed by atoms with Crippen LogP contribution >= 0.6 is 0 Å². The van der Waals surface area contributed by atoms with Crippen molar-refractivity contribution in [1.82, 2.24) is 19.9 Å². The van der Waals surface area contributed by atoms with Crippen LogP contribution in [-0.4, -0.2) is 36.7 Å². The molecule has 9 nitrogen and oxygen atoms in total. The molecule has 1 amide bonds. The molecule has 154 valence electrons. The number of halogens is 1. The highest BCUT2D eigenvalue weighted by molar-refractivity contribution is 6.19. The highest BCUT2D eigenvalue weighted by Gasteiger charge is 2.46. The zero-order valence-electron chi connectivity index (χ0n) is 16.0. The van der Waals surface area contributed by atoms with E-state index in [0.717, 1.165) is 4.90 Å². The van der Waals surface area contributed by atoms with Crippen molar-refractivity contribution in [2.75, 3.05) is 4.90 Å². The zero-order valence-corrected chi connectivity index (χ0v) is 16.0. The summed E-state index contributed by atoms with van der Waals surface area (Å²) in [5.74, 6) is -2.38. The van der Waals surface area contributed by atoms with Gasteiger partial charge < -0.3 is 14.5 Å². The van der Waals surface area contributed by atoms with Gasteiger partial charge >= 0.3 is 0 Å². The van der Waals surface area contributed by atoms with Crippen LogP contribution in [0.15, 0.2) is 64.7 Å². The predicted molar refractivity (Wildman–Crippen MR) is 106 cm³/mol. The van der Waals surface area contributed by atoms with E-state index in [-0.39, 0.29) is 17.3 Å². The Bertz CT molecular complexity index is 1370. The highest BCUT2D eigenvalue weighted by atomic mass is 19.1. The van der Waals surface area contributed by atoms with E-state index in [2.05, 4.69) is 19.9 Å². The van der Waals surface area contributed by atoms with E-state index in [1.165, 1.54) is 42.9 Å². The van der Waals surface area contributed by atoms with Gasteiger partial charge in [0.05, 0.1) is 24.1 Å². The molecular weight excluding hydrogens is 405 g/mol. The molecule has 1 aliphatic heterocycles. The van der Waals surface area contributed by atoms with Gasteiger partial charge in [-0.25, -0.2) is 14.4 Å². The molecule has 4 aromatic rings. The van der Waals surface area contributed by atoms with Crippen LogP contribution in [0.2, 0.25) is 0 Å². The predicted octanol–water partition coefficient (Wildman–Crippen LogP) is 3.18. The van der Waals surface area contributed by atoms with Crippen molar-refractivity contribution in [2.45, 2.75) is 13.0 Å². The van der Waals surface area contributed by atoms with E-state index in [1.54, 1.807) is 13.0 Å². The van der Waals surface area contributed by atoms with Gasteiger partial charge in [0.15, 0.2) is 17.2 Å². The van der Waals surface area contributed by atoms with Crippen molar-refractivity contribution in [3.8, 4) is 0 Å². The van der Waals surface area contributed by atoms with E-state index < -0.39 is 29.3 Å². The summed E-state index contributed by atoms with van der Waals surface area (Å²) in [4.78, 5) is 42.7. The maximum absolute atomic E-state index is 13.5. The number of aliphatic hydroxyl groups excluding tert-OH is 1. The lowest BCUT2D eigenvalue weighted by Gasteiger charge is -2.24. The van der Waals surface area contributed by atoms with E-state index in [0.29, 0.717) is 22.5 Å². The quantitative estimate of drug-likeness (QED) is 0.487. The minimum atomic E-state index is -1.10. The number of amides is 1. The molecule has 2 N–H and O–H groups in total. The fraction of sp³-hybridized carbons (Fsp3) is 0.0952. The summed E-state index contributed by atoms with van der Waals surface area (Å²) in [5.41, 5.74) is 1.03. The van der Waals surface area contributed by atoms with Crippen molar-refractivity contribution in [3.63, 3.8) is 0 Å². The molecule has 0 saturated heterocycles. The van der Waals surface area contributed by atoms with Crippen LogP contribution < -0.4 is 4.90 Å². The third kappa shape index (κ3) is 2.96. The number of nitrogens with zero attached hydrogens (tertiary/aromatic N) is 4. The number of rotatable bonds is 4. The number of aromatic nitrogens is 4. The van der Waals surface area contributed by atoms with Crippen LogP contribution in [0.25, 0.3) is 11.2 Å². The highest BCUT2D eigenvalue weighted by Crippen LogP contribution is 2.41. The van der Waals surface area contributed by atoms with Gasteiger partial charge in [0, 0.05) is 0 Å². The van der Waals surface area contributed by atoms with Gasteiger partial charge in [-0.2, -0.15) is 4.98 Å². The number of fused-ring (bicyclic) bond motifs is 1. The number of ketones is 1. The molecule has 0 bridgehead atoms. The number of imidazole rings is 1. The Morgan fingerprint density at radius 1 is 1.19 bits per heavy atom. The normalized spacial score (nSPS) is 16.5. The Balaban J connectivity index is 1.68. The second kappa shape index (κ2) is 6.87. The van der Waals surface area contributed by atoms with Crippen molar-refractivity contribution in [2.24, 2.45) is 0 Å². The Hall–Kier alpha value is -4.34. The lowest BCUT2D eigenvalue weighted by atomic mass is 9.95. The number of H-pyrrole nitrogens is 1. The van der Waals surface area contributed by atoms with Gasteiger partial charge in [0.2, 0.25) is 11.7 Å². The lowest BCUT2D eigenvalue weighted by Crippen LogP contribution is -2.32. The molecule has 0 aliphatic carbocycles. The topological polar surface area (TPSA) is 125 Å². The molecule has 4 heterocycles. The molecular formula is C21H14FN5O4. The molecule has 1 unspecified atom stereocenters. The first-order valence-corrected chi connectivity index (χ1v) is 9.23. The van der Waals surface area contributed by atoms with Crippen LogP contribution in [0.1, 0.15) is 27.9 Å². The first-order chi connectivity index (χ1) is 14.9. The maximum atomic E-state index is 13.5. The summed E-state index contributed by atoms with van der Waals surface area (Å²) in [7, 11) is 0. The third-order valence-corrected chi connectivity index (χ3v) is 4.98. The van der Waals surface area contributed by atoms with Gasteiger partial charge in [-0.1, -0.05) is 12.1 Å². The van der Waals surface area contributed by atoms with Crippen LogP contribution in [0, 0.1) is 12.7 Å². The molecule has 10 heteroatoms. The van der Waals surface area contributed by atoms with Gasteiger partial charge in [0.1, 0.15) is 17.1 Å². The number of carbonyl (C=O) groups is 2.